The number of nitrogens with zero attached hydrogens (tertiary/aromatic N) is 1. The number of alkyl halides is 1. The van der Waals surface area contributed by atoms with E-state index in [-0.39, 0.29) is 5.92 Å². The lowest BCUT2D eigenvalue weighted by Crippen LogP contribution is -2.40. The molecule has 0 radical (unpaired) electrons. The first kappa shape index (κ1) is 13.5. The third-order valence-corrected chi connectivity index (χ3v) is 3.74. The van der Waals surface area contributed by atoms with Gasteiger partial charge < -0.3 is 14.9 Å². The number of halogens is 1. The molecule has 1 aliphatic rings. The summed E-state index contributed by atoms with van der Waals surface area (Å²) in [6.45, 7) is 4.35. The van der Waals surface area contributed by atoms with Crippen LogP contribution in [-0.2, 0) is 0 Å². The number of hydrogen-bond acceptors (Lipinski definition) is 3. The second kappa shape index (κ2) is 5.82. The number of benzene rings is 1. The van der Waals surface area contributed by atoms with Crippen molar-refractivity contribution in [2.75, 3.05) is 19.6 Å². The van der Waals surface area contributed by atoms with E-state index in [1.54, 1.807) is 24.3 Å². The van der Waals surface area contributed by atoms with Gasteiger partial charge >= 0.3 is 7.12 Å². The minimum atomic E-state index is -1.46. The Bertz CT molecular complexity index is 385. The summed E-state index contributed by atoms with van der Waals surface area (Å²) in [7, 11) is -1.46. The Hall–Kier alpha value is -0.905. The predicted molar refractivity (Wildman–Crippen MR) is 70.6 cm³/mol. The normalized spacial score (nSPS) is 25.1. The van der Waals surface area contributed by atoms with Gasteiger partial charge in [-0.05, 0) is 30.5 Å². The molecule has 0 saturated carbocycles. The summed E-state index contributed by atoms with van der Waals surface area (Å²) in [5, 5.41) is 18.0. The van der Waals surface area contributed by atoms with Crippen molar-refractivity contribution in [1.29, 1.82) is 0 Å². The highest BCUT2D eigenvalue weighted by Gasteiger charge is 2.29. The van der Waals surface area contributed by atoms with Gasteiger partial charge in [-0.15, -0.1) is 0 Å². The van der Waals surface area contributed by atoms with Crippen LogP contribution in [0.15, 0.2) is 24.3 Å². The molecule has 3 nitrogen and oxygen atoms in total. The van der Waals surface area contributed by atoms with E-state index in [1.807, 2.05) is 6.92 Å². The Morgan fingerprint density at radius 3 is 2.50 bits per heavy atom. The highest BCUT2D eigenvalue weighted by Crippen LogP contribution is 2.29. The largest absolute Gasteiger partial charge is 0.488 e. The molecule has 0 amide bonds. The molecule has 0 bridgehead atoms. The third-order valence-electron chi connectivity index (χ3n) is 3.74. The lowest BCUT2D eigenvalue weighted by Gasteiger charge is -2.34. The maximum absolute atomic E-state index is 14.1. The van der Waals surface area contributed by atoms with Gasteiger partial charge in [0, 0.05) is 12.5 Å². The number of piperidine rings is 1. The van der Waals surface area contributed by atoms with Crippen molar-refractivity contribution in [2.45, 2.75) is 25.4 Å². The Morgan fingerprint density at radius 1 is 1.33 bits per heavy atom. The Labute approximate surface area is 107 Å². The molecule has 0 spiro atoms. The molecule has 0 unspecified atom stereocenters. The Balaban J connectivity index is 2.07. The summed E-state index contributed by atoms with van der Waals surface area (Å²) >= 11 is 0. The van der Waals surface area contributed by atoms with Gasteiger partial charge in [0.05, 0.1) is 0 Å². The number of likely N-dealkylation sites (tertiary alicyclic amines) is 1. The maximum atomic E-state index is 14.1. The maximum Gasteiger partial charge on any atom is 0.488 e. The fourth-order valence-corrected chi connectivity index (χ4v) is 2.55. The molecular weight excluding hydrogens is 232 g/mol. The zero-order valence-corrected chi connectivity index (χ0v) is 10.6. The van der Waals surface area contributed by atoms with Gasteiger partial charge in [-0.25, -0.2) is 4.39 Å². The summed E-state index contributed by atoms with van der Waals surface area (Å²) in [6.07, 6.45) is -0.0284. The lowest BCUT2D eigenvalue weighted by atomic mass is 9.78. The van der Waals surface area contributed by atoms with E-state index in [4.69, 9.17) is 10.0 Å². The van der Waals surface area contributed by atoms with Gasteiger partial charge in [-0.1, -0.05) is 31.2 Å². The molecule has 1 heterocycles. The summed E-state index contributed by atoms with van der Waals surface area (Å²) in [6, 6.07) is 6.90. The van der Waals surface area contributed by atoms with Crippen LogP contribution in [0.2, 0.25) is 0 Å². The minimum Gasteiger partial charge on any atom is -0.423 e. The fourth-order valence-electron chi connectivity index (χ4n) is 2.55. The first-order chi connectivity index (χ1) is 8.61. The van der Waals surface area contributed by atoms with Gasteiger partial charge in [-0.2, -0.15) is 0 Å². The molecule has 0 aliphatic carbocycles. The second-order valence-corrected chi connectivity index (χ2v) is 4.84. The van der Waals surface area contributed by atoms with Gasteiger partial charge in [0.2, 0.25) is 0 Å². The van der Waals surface area contributed by atoms with E-state index < -0.39 is 13.3 Å². The topological polar surface area (TPSA) is 43.7 Å². The zero-order valence-electron chi connectivity index (χ0n) is 10.6. The average Bonchev–Trinajstić information content (AvgIpc) is 2.38. The lowest BCUT2D eigenvalue weighted by molar-refractivity contribution is 0.122. The Morgan fingerprint density at radius 2 is 2.00 bits per heavy atom. The fraction of sp³-hybridized carbons (Fsp3) is 0.538. The van der Waals surface area contributed by atoms with E-state index in [0.717, 1.165) is 25.1 Å². The van der Waals surface area contributed by atoms with Crippen LogP contribution in [0.4, 0.5) is 4.39 Å². The van der Waals surface area contributed by atoms with Gasteiger partial charge in [0.1, 0.15) is 6.17 Å². The molecule has 1 aromatic carbocycles. The SMILES string of the molecule is CCN1CC[C@@H](c2ccc(B(O)O)cc2)[C@H](F)C1. The van der Waals surface area contributed by atoms with Gasteiger partial charge in [-0.3, -0.25) is 0 Å². The van der Waals surface area contributed by atoms with Crippen molar-refractivity contribution in [3.8, 4) is 0 Å². The van der Waals surface area contributed by atoms with Crippen molar-refractivity contribution in [3.05, 3.63) is 29.8 Å². The molecule has 2 atom stereocenters. The van der Waals surface area contributed by atoms with Crippen LogP contribution in [0.25, 0.3) is 0 Å². The van der Waals surface area contributed by atoms with Crippen molar-refractivity contribution in [3.63, 3.8) is 0 Å². The summed E-state index contributed by atoms with van der Waals surface area (Å²) in [5.41, 5.74) is 1.39. The standard InChI is InChI=1S/C13H19BFNO2/c1-2-16-8-7-12(13(15)9-16)10-3-5-11(6-4-10)14(17)18/h3-6,12-13,17-18H,2,7-9H2,1H3/t12-,13+/m0/s1. The smallest absolute Gasteiger partial charge is 0.423 e. The minimum absolute atomic E-state index is 0.0716. The molecule has 5 heteroatoms. The average molecular weight is 251 g/mol. The van der Waals surface area contributed by atoms with Crippen molar-refractivity contribution in [2.24, 2.45) is 0 Å². The van der Waals surface area contributed by atoms with E-state index in [1.165, 1.54) is 0 Å². The summed E-state index contributed by atoms with van der Waals surface area (Å²) in [4.78, 5) is 2.12. The third kappa shape index (κ3) is 2.91. The second-order valence-electron chi connectivity index (χ2n) is 4.84. The van der Waals surface area contributed by atoms with Gasteiger partial charge in [0.25, 0.3) is 0 Å². The molecule has 18 heavy (non-hydrogen) atoms. The molecule has 1 aromatic rings. The quantitative estimate of drug-likeness (QED) is 0.769. The first-order valence-electron chi connectivity index (χ1n) is 6.44. The van der Waals surface area contributed by atoms with Crippen LogP contribution in [0, 0.1) is 0 Å². The highest BCUT2D eigenvalue weighted by molar-refractivity contribution is 6.58. The van der Waals surface area contributed by atoms with Gasteiger partial charge in [0.15, 0.2) is 0 Å². The Kier molecular flexibility index (Phi) is 4.38. The van der Waals surface area contributed by atoms with Crippen LogP contribution >= 0.6 is 0 Å². The molecule has 1 saturated heterocycles. The van der Waals surface area contributed by atoms with Crippen molar-refractivity contribution < 1.29 is 14.4 Å². The number of hydrogen-bond donors (Lipinski definition) is 2. The van der Waals surface area contributed by atoms with E-state index >= 15 is 0 Å². The molecule has 0 aromatic heterocycles. The zero-order chi connectivity index (χ0) is 13.1. The van der Waals surface area contributed by atoms with E-state index in [9.17, 15) is 4.39 Å². The van der Waals surface area contributed by atoms with E-state index in [2.05, 4.69) is 4.90 Å². The molecule has 1 aliphatic heterocycles. The van der Waals surface area contributed by atoms with Crippen LogP contribution in [0.5, 0.6) is 0 Å². The van der Waals surface area contributed by atoms with Crippen LogP contribution in [0.1, 0.15) is 24.8 Å². The van der Waals surface area contributed by atoms with Crippen LogP contribution in [0.3, 0.4) is 0 Å². The molecule has 1 fully saturated rings. The summed E-state index contributed by atoms with van der Waals surface area (Å²) < 4.78 is 14.1. The van der Waals surface area contributed by atoms with Crippen molar-refractivity contribution >= 4 is 12.6 Å². The molecule has 98 valence electrons. The highest BCUT2D eigenvalue weighted by atomic mass is 19.1. The van der Waals surface area contributed by atoms with Crippen molar-refractivity contribution in [1.82, 2.24) is 4.90 Å². The summed E-state index contributed by atoms with van der Waals surface area (Å²) in [5.74, 6) is -0.0716. The first-order valence-corrected chi connectivity index (χ1v) is 6.44. The molecule has 2 rings (SSSR count). The monoisotopic (exact) mass is 251 g/mol. The van der Waals surface area contributed by atoms with Crippen LogP contribution in [-0.4, -0.2) is 47.9 Å². The van der Waals surface area contributed by atoms with Crippen LogP contribution < -0.4 is 5.46 Å². The molecular formula is C13H19BFNO2. The molecule has 2 N–H and O–H groups in total. The predicted octanol–water partition coefficient (Wildman–Crippen LogP) is 0.514. The number of rotatable bonds is 3. The van der Waals surface area contributed by atoms with E-state index in [0.29, 0.717) is 12.0 Å².